The third kappa shape index (κ3) is 20.4. The predicted octanol–water partition coefficient (Wildman–Crippen LogP) is -0.233. The Balaban J connectivity index is -0.000000338. The third-order valence-corrected chi connectivity index (χ3v) is 3.94. The molecule has 0 aliphatic rings. The minimum absolute atomic E-state index is 0. The van der Waals surface area contributed by atoms with Crippen LogP contribution in [0.2, 0.25) is 0 Å². The first-order chi connectivity index (χ1) is 10.2. The summed E-state index contributed by atoms with van der Waals surface area (Å²) < 4.78 is 28.7. The predicted molar refractivity (Wildman–Crippen MR) is 83.2 cm³/mol. The van der Waals surface area contributed by atoms with Gasteiger partial charge < -0.3 is 17.1 Å². The van der Waals surface area contributed by atoms with Gasteiger partial charge in [0, 0.05) is 0 Å². The van der Waals surface area contributed by atoms with E-state index in [0.717, 1.165) is 6.42 Å². The number of carboxylic acids is 2. The summed E-state index contributed by atoms with van der Waals surface area (Å²) in [7, 11) is -4.84. The fourth-order valence-corrected chi connectivity index (χ4v) is 2.22. The van der Waals surface area contributed by atoms with E-state index in [9.17, 15) is 18.0 Å². The fraction of sp³-hybridized carbons (Fsp3) is 0.786. The molecule has 0 aromatic heterocycles. The number of carbonyl (C=O) groups is 2. The Hall–Kier alpha value is 0.486. The van der Waals surface area contributed by atoms with Crippen molar-refractivity contribution >= 4 is 22.1 Å². The van der Waals surface area contributed by atoms with Crippen LogP contribution in [0.15, 0.2) is 0 Å². The van der Waals surface area contributed by atoms with Gasteiger partial charge in [0.2, 0.25) is 0 Å². The van der Waals surface area contributed by atoms with Gasteiger partial charge in [0.15, 0.2) is 5.25 Å². The van der Waals surface area contributed by atoms with Gasteiger partial charge in [-0.25, -0.2) is 0 Å². The molecule has 0 aliphatic heterocycles. The number of hydrogen-bond donors (Lipinski definition) is 3. The van der Waals surface area contributed by atoms with Crippen molar-refractivity contribution in [3.8, 4) is 0 Å². The van der Waals surface area contributed by atoms with E-state index in [1.165, 1.54) is 44.9 Å². The summed E-state index contributed by atoms with van der Waals surface area (Å²) in [5, 5.41) is 13.9. The molecule has 0 heterocycles. The number of rotatable bonds is 11. The largest absolute Gasteiger partial charge is 1.00 e. The summed E-state index contributed by atoms with van der Waals surface area (Å²) in [5.74, 6) is -3.50. The van der Waals surface area contributed by atoms with Gasteiger partial charge in [0.25, 0.3) is 10.1 Å². The van der Waals surface area contributed by atoms with Gasteiger partial charge in [-0.2, -0.15) is 14.8 Å². The van der Waals surface area contributed by atoms with E-state index in [-0.39, 0.29) is 51.4 Å². The van der Waals surface area contributed by atoms with Crippen LogP contribution in [0.5, 0.6) is 0 Å². The average Bonchev–Trinajstić information content (AvgIpc) is 2.39. The first kappa shape index (κ1) is 28.3. The van der Waals surface area contributed by atoms with E-state index in [2.05, 4.69) is 13.8 Å². The van der Waals surface area contributed by atoms with Crippen LogP contribution in [-0.4, -0.2) is 40.4 Å². The van der Waals surface area contributed by atoms with Crippen LogP contribution >= 0.6 is 0 Å². The second kappa shape index (κ2) is 17.3. The van der Waals surface area contributed by atoms with Gasteiger partial charge in [-0.1, -0.05) is 51.9 Å². The van der Waals surface area contributed by atoms with Crippen LogP contribution in [0.3, 0.4) is 0 Å². The minimum atomic E-state index is -4.84. The van der Waals surface area contributed by atoms with Crippen molar-refractivity contribution in [1.29, 1.82) is 0 Å². The monoisotopic (exact) mass is 378 g/mol. The number of unbranched alkanes of at least 4 members (excludes halogenated alkanes) is 7. The standard InChI is InChI=1S/C10H21.C4H6O7S.K/c1-3-5-7-9-10-8-6-4-2;5-3(6)1-2(4(7)8)12(9,10)11;/h1,3-10H2,2H3;2H,1H2,(H,5,6)(H,7,8)(H,9,10,11);/q-1;;+1. The van der Waals surface area contributed by atoms with Crippen LogP contribution in [0.1, 0.15) is 64.7 Å². The molecule has 0 aliphatic carbocycles. The molecule has 0 saturated heterocycles. The molecule has 3 N–H and O–H groups in total. The molecule has 0 aromatic rings. The van der Waals surface area contributed by atoms with Gasteiger partial charge in [0.05, 0.1) is 6.42 Å². The van der Waals surface area contributed by atoms with E-state index in [4.69, 9.17) is 14.8 Å². The first-order valence-electron chi connectivity index (χ1n) is 7.36. The second-order valence-corrected chi connectivity index (χ2v) is 6.51. The van der Waals surface area contributed by atoms with Crippen LogP contribution in [-0.2, 0) is 19.7 Å². The molecule has 132 valence electrons. The summed E-state index contributed by atoms with van der Waals surface area (Å²) in [6.45, 7) is 6.08. The minimum Gasteiger partial charge on any atom is -0.481 e. The molecule has 0 spiro atoms. The van der Waals surface area contributed by atoms with Crippen molar-refractivity contribution in [3.05, 3.63) is 6.92 Å². The van der Waals surface area contributed by atoms with Gasteiger partial charge in [-0.3, -0.25) is 14.1 Å². The molecule has 7 nitrogen and oxygen atoms in total. The zero-order valence-electron chi connectivity index (χ0n) is 14.0. The molecule has 0 amide bonds. The van der Waals surface area contributed by atoms with Crippen molar-refractivity contribution in [2.75, 3.05) is 0 Å². The Morgan fingerprint density at radius 1 is 1.00 bits per heavy atom. The maximum Gasteiger partial charge on any atom is 1.00 e. The maximum atomic E-state index is 10.2. The SMILES string of the molecule is O=C(O)CC(C(=O)O)S(=O)(=O)O.[CH2-]CCCCCCCCC.[K+]. The summed E-state index contributed by atoms with van der Waals surface area (Å²) in [4.78, 5) is 20.0. The van der Waals surface area contributed by atoms with E-state index in [0.29, 0.717) is 0 Å². The molecule has 9 heteroatoms. The molecular weight excluding hydrogens is 351 g/mol. The smallest absolute Gasteiger partial charge is 0.481 e. The summed E-state index contributed by atoms with van der Waals surface area (Å²) in [6, 6.07) is 0. The van der Waals surface area contributed by atoms with Crippen molar-refractivity contribution in [2.24, 2.45) is 0 Å². The van der Waals surface area contributed by atoms with E-state index >= 15 is 0 Å². The molecule has 0 bridgehead atoms. The molecule has 1 unspecified atom stereocenters. The van der Waals surface area contributed by atoms with E-state index in [1.807, 2.05) is 0 Å². The molecule has 0 radical (unpaired) electrons. The van der Waals surface area contributed by atoms with Crippen LogP contribution in [0, 0.1) is 6.92 Å². The Morgan fingerprint density at radius 2 is 1.43 bits per heavy atom. The zero-order valence-corrected chi connectivity index (χ0v) is 18.0. The quantitative estimate of drug-likeness (QED) is 0.196. The third-order valence-electron chi connectivity index (χ3n) is 2.85. The van der Waals surface area contributed by atoms with Crippen LogP contribution in [0.4, 0.5) is 0 Å². The Labute approximate surface area is 181 Å². The maximum absolute atomic E-state index is 10.2. The Bertz CT molecular complexity index is 401. The fourth-order valence-electron chi connectivity index (χ4n) is 1.61. The van der Waals surface area contributed by atoms with Gasteiger partial charge in [0.1, 0.15) is 0 Å². The summed E-state index contributed by atoms with van der Waals surface area (Å²) in [6.07, 6.45) is 9.76. The number of aliphatic carboxylic acids is 2. The molecule has 0 fully saturated rings. The Kier molecular flexibility index (Phi) is 21.3. The Morgan fingerprint density at radius 3 is 1.70 bits per heavy atom. The molecule has 0 rings (SSSR count). The van der Waals surface area contributed by atoms with Crippen LogP contribution < -0.4 is 51.4 Å². The van der Waals surface area contributed by atoms with Gasteiger partial charge >= 0.3 is 63.3 Å². The molecule has 0 aromatic carbocycles. The topological polar surface area (TPSA) is 129 Å². The van der Waals surface area contributed by atoms with Crippen molar-refractivity contribution in [1.82, 2.24) is 0 Å². The summed E-state index contributed by atoms with van der Waals surface area (Å²) >= 11 is 0. The molecular formula is C14H27KO7S. The van der Waals surface area contributed by atoms with Gasteiger partial charge in [-0.05, 0) is 0 Å². The molecule has 0 saturated carbocycles. The number of hydrogen-bond acceptors (Lipinski definition) is 4. The zero-order chi connectivity index (χ0) is 17.6. The molecule has 23 heavy (non-hydrogen) atoms. The van der Waals surface area contributed by atoms with E-state index < -0.39 is 33.7 Å². The van der Waals surface area contributed by atoms with Crippen LogP contribution in [0.25, 0.3) is 0 Å². The second-order valence-electron chi connectivity index (χ2n) is 4.91. The number of carboxylic acid groups (broad SMARTS) is 2. The van der Waals surface area contributed by atoms with E-state index in [1.54, 1.807) is 0 Å². The average molecular weight is 379 g/mol. The van der Waals surface area contributed by atoms with Gasteiger partial charge in [-0.15, -0.1) is 0 Å². The molecule has 1 atom stereocenters. The first-order valence-corrected chi connectivity index (χ1v) is 8.87. The van der Waals surface area contributed by atoms with Crippen molar-refractivity contribution < 1.29 is 84.2 Å². The van der Waals surface area contributed by atoms with Crippen molar-refractivity contribution in [3.63, 3.8) is 0 Å². The summed E-state index contributed by atoms with van der Waals surface area (Å²) in [5.41, 5.74) is 0. The normalized spacial score (nSPS) is 11.6. The van der Waals surface area contributed by atoms with Crippen molar-refractivity contribution in [2.45, 2.75) is 70.0 Å².